The topological polar surface area (TPSA) is 55.8 Å². The van der Waals surface area contributed by atoms with Crippen molar-refractivity contribution < 1.29 is 19.1 Å². The molecule has 6 heteroatoms. The summed E-state index contributed by atoms with van der Waals surface area (Å²) in [5, 5.41) is 0. The molecule has 35 heavy (non-hydrogen) atoms. The summed E-state index contributed by atoms with van der Waals surface area (Å²) in [4.78, 5) is 29.3. The van der Waals surface area contributed by atoms with E-state index in [1.807, 2.05) is 31.2 Å². The van der Waals surface area contributed by atoms with Gasteiger partial charge in [0.15, 0.2) is 23.1 Å². The third kappa shape index (κ3) is 4.41. The second-order valence-corrected chi connectivity index (χ2v) is 10.4. The minimum Gasteiger partial charge on any atom is -0.493 e. The van der Waals surface area contributed by atoms with Crippen LogP contribution in [0.4, 0.5) is 0 Å². The number of hydrogen-bond donors (Lipinski definition) is 0. The predicted molar refractivity (Wildman–Crippen MR) is 143 cm³/mol. The minimum atomic E-state index is -0.356. The first-order valence-electron chi connectivity index (χ1n) is 12.4. The van der Waals surface area contributed by atoms with Crippen molar-refractivity contribution in [2.24, 2.45) is 0 Å². The Hall–Kier alpha value is -2.61. The second kappa shape index (κ2) is 10.2. The molecular formula is C29H30INO4. The van der Waals surface area contributed by atoms with Gasteiger partial charge in [-0.05, 0) is 78.5 Å². The van der Waals surface area contributed by atoms with Crippen LogP contribution in [0.2, 0.25) is 0 Å². The Morgan fingerprint density at radius 1 is 0.943 bits per heavy atom. The maximum Gasteiger partial charge on any atom is 0.174 e. The van der Waals surface area contributed by atoms with Gasteiger partial charge in [-0.15, -0.1) is 0 Å². The molecule has 5 rings (SSSR count). The maximum absolute atomic E-state index is 13.5. The van der Waals surface area contributed by atoms with E-state index in [2.05, 4.69) is 45.7 Å². The van der Waals surface area contributed by atoms with Gasteiger partial charge in [-0.25, -0.2) is 0 Å². The molecule has 0 aromatic heterocycles. The molecule has 0 fully saturated rings. The summed E-state index contributed by atoms with van der Waals surface area (Å²) in [7, 11) is 1.63. The summed E-state index contributed by atoms with van der Waals surface area (Å²) in [5.41, 5.74) is 5.88. The van der Waals surface area contributed by atoms with Gasteiger partial charge < -0.3 is 14.4 Å². The van der Waals surface area contributed by atoms with Crippen LogP contribution in [0, 0.1) is 3.57 Å². The number of carbonyl (C=O) groups excluding carboxylic acids is 2. The zero-order valence-electron chi connectivity index (χ0n) is 20.2. The minimum absolute atomic E-state index is 0.155. The molecule has 0 atom stereocenters. The van der Waals surface area contributed by atoms with Crippen LogP contribution in [0.5, 0.6) is 11.5 Å². The van der Waals surface area contributed by atoms with Crippen molar-refractivity contribution in [2.45, 2.75) is 57.9 Å². The standard InChI is InChI=1S/C29H30INO4/c1-3-35-29-20(30)15-19(16-25(29)34-2)26-27-21(11-7-13-23(27)32)31(17-18-9-5-4-6-10-18)22-12-8-14-24(33)28(22)26/h4-6,9-10,15-16,26H,3,7-8,11-14,17H2,1-2H3. The quantitative estimate of drug-likeness (QED) is 0.373. The lowest BCUT2D eigenvalue weighted by Crippen LogP contribution is -2.38. The van der Waals surface area contributed by atoms with Gasteiger partial charge in [0.05, 0.1) is 17.3 Å². The van der Waals surface area contributed by atoms with Gasteiger partial charge in [-0.3, -0.25) is 9.59 Å². The van der Waals surface area contributed by atoms with Gasteiger partial charge in [-0.2, -0.15) is 0 Å². The molecule has 0 unspecified atom stereocenters. The number of methoxy groups -OCH3 is 1. The van der Waals surface area contributed by atoms with Crippen LogP contribution < -0.4 is 9.47 Å². The second-order valence-electron chi connectivity index (χ2n) is 9.25. The molecular weight excluding hydrogens is 553 g/mol. The molecule has 1 heterocycles. The van der Waals surface area contributed by atoms with Crippen molar-refractivity contribution in [3.8, 4) is 11.5 Å². The van der Waals surface area contributed by atoms with Crippen molar-refractivity contribution >= 4 is 34.2 Å². The Labute approximate surface area is 220 Å². The van der Waals surface area contributed by atoms with E-state index in [9.17, 15) is 9.59 Å². The highest BCUT2D eigenvalue weighted by molar-refractivity contribution is 14.1. The van der Waals surface area contributed by atoms with Crippen LogP contribution >= 0.6 is 22.6 Å². The highest BCUT2D eigenvalue weighted by Gasteiger charge is 2.43. The Morgan fingerprint density at radius 3 is 2.14 bits per heavy atom. The van der Waals surface area contributed by atoms with Gasteiger partial charge >= 0.3 is 0 Å². The Morgan fingerprint density at radius 2 is 1.57 bits per heavy atom. The molecule has 0 saturated carbocycles. The first-order chi connectivity index (χ1) is 17.0. The fraction of sp³-hybridized carbons (Fsp3) is 0.379. The number of nitrogens with zero attached hydrogens (tertiary/aromatic N) is 1. The predicted octanol–water partition coefficient (Wildman–Crippen LogP) is 6.31. The zero-order valence-corrected chi connectivity index (χ0v) is 22.4. The summed E-state index contributed by atoms with van der Waals surface area (Å²) in [5.74, 6) is 1.29. The van der Waals surface area contributed by atoms with Crippen LogP contribution in [0.1, 0.15) is 62.5 Å². The first-order valence-corrected chi connectivity index (χ1v) is 13.5. The maximum atomic E-state index is 13.5. The number of allylic oxidation sites excluding steroid dienone is 4. The number of ether oxygens (including phenoxy) is 2. The van der Waals surface area contributed by atoms with E-state index in [-0.39, 0.29) is 17.5 Å². The monoisotopic (exact) mass is 583 g/mol. The highest BCUT2D eigenvalue weighted by atomic mass is 127. The van der Waals surface area contributed by atoms with E-state index in [4.69, 9.17) is 9.47 Å². The van der Waals surface area contributed by atoms with Crippen molar-refractivity contribution in [1.29, 1.82) is 0 Å². The zero-order chi connectivity index (χ0) is 24.5. The smallest absolute Gasteiger partial charge is 0.174 e. The van der Waals surface area contributed by atoms with E-state index >= 15 is 0 Å². The van der Waals surface area contributed by atoms with Crippen LogP contribution in [-0.4, -0.2) is 30.2 Å². The van der Waals surface area contributed by atoms with Crippen molar-refractivity contribution in [2.75, 3.05) is 13.7 Å². The molecule has 2 aliphatic carbocycles. The number of ketones is 2. The summed E-state index contributed by atoms with van der Waals surface area (Å²) >= 11 is 2.26. The van der Waals surface area contributed by atoms with Crippen LogP contribution in [-0.2, 0) is 16.1 Å². The van der Waals surface area contributed by atoms with Gasteiger partial charge in [0.25, 0.3) is 0 Å². The lowest BCUT2D eigenvalue weighted by Gasteiger charge is -2.44. The number of benzene rings is 2. The van der Waals surface area contributed by atoms with E-state index in [0.717, 1.165) is 57.4 Å². The highest BCUT2D eigenvalue weighted by Crippen LogP contribution is 2.51. The fourth-order valence-electron chi connectivity index (χ4n) is 5.70. The number of halogens is 1. The molecule has 0 saturated heterocycles. The van der Waals surface area contributed by atoms with Gasteiger partial charge in [0, 0.05) is 47.8 Å². The van der Waals surface area contributed by atoms with Crippen LogP contribution in [0.15, 0.2) is 65.0 Å². The van der Waals surface area contributed by atoms with Crippen molar-refractivity contribution in [1.82, 2.24) is 4.90 Å². The lowest BCUT2D eigenvalue weighted by atomic mass is 9.71. The normalized spacial score (nSPS) is 18.5. The van der Waals surface area contributed by atoms with E-state index in [1.54, 1.807) is 7.11 Å². The van der Waals surface area contributed by atoms with Gasteiger partial charge in [-0.1, -0.05) is 30.3 Å². The third-order valence-corrected chi connectivity index (χ3v) is 7.95. The van der Waals surface area contributed by atoms with E-state index < -0.39 is 0 Å². The Balaban J connectivity index is 1.71. The molecule has 1 aliphatic heterocycles. The molecule has 0 radical (unpaired) electrons. The Kier molecular flexibility index (Phi) is 7.00. The summed E-state index contributed by atoms with van der Waals surface area (Å²) in [6.07, 6.45) is 4.43. The van der Waals surface area contributed by atoms with Crippen LogP contribution in [0.3, 0.4) is 0 Å². The van der Waals surface area contributed by atoms with E-state index in [1.165, 1.54) is 5.56 Å². The molecule has 0 N–H and O–H groups in total. The molecule has 0 bridgehead atoms. The molecule has 0 spiro atoms. The summed E-state index contributed by atoms with van der Waals surface area (Å²) < 4.78 is 12.5. The molecule has 0 amide bonds. The number of rotatable bonds is 6. The molecule has 182 valence electrons. The largest absolute Gasteiger partial charge is 0.493 e. The Bertz CT molecular complexity index is 1190. The average molecular weight is 583 g/mol. The fourth-order valence-corrected chi connectivity index (χ4v) is 6.48. The van der Waals surface area contributed by atoms with Gasteiger partial charge in [0.2, 0.25) is 0 Å². The first kappa shape index (κ1) is 24.1. The number of Topliss-reactive ketones (excluding diaryl/α,β-unsaturated/α-hetero) is 2. The number of carbonyl (C=O) groups is 2. The SMILES string of the molecule is CCOc1c(I)cc(C2C3=C(CCCC3=O)N(Cc3ccccc3)C3=C2C(=O)CCC3)cc1OC. The van der Waals surface area contributed by atoms with Crippen LogP contribution in [0.25, 0.3) is 0 Å². The molecule has 5 nitrogen and oxygen atoms in total. The molecule has 3 aliphatic rings. The molecule has 2 aromatic rings. The van der Waals surface area contributed by atoms with Crippen molar-refractivity contribution in [3.63, 3.8) is 0 Å². The summed E-state index contributed by atoms with van der Waals surface area (Å²) in [6, 6.07) is 14.3. The van der Waals surface area contributed by atoms with E-state index in [0.29, 0.717) is 37.5 Å². The summed E-state index contributed by atoms with van der Waals surface area (Å²) in [6.45, 7) is 3.16. The lowest BCUT2D eigenvalue weighted by molar-refractivity contribution is -0.117. The molecule has 2 aromatic carbocycles. The van der Waals surface area contributed by atoms with Gasteiger partial charge in [0.1, 0.15) is 0 Å². The average Bonchev–Trinajstić information content (AvgIpc) is 2.86. The number of hydrogen-bond acceptors (Lipinski definition) is 5. The third-order valence-electron chi connectivity index (χ3n) is 7.14. The van der Waals surface area contributed by atoms with Crippen molar-refractivity contribution in [3.05, 3.63) is 79.7 Å².